The summed E-state index contributed by atoms with van der Waals surface area (Å²) in [7, 11) is 0. The lowest BCUT2D eigenvalue weighted by Crippen LogP contribution is -2.37. The van der Waals surface area contributed by atoms with Crippen LogP contribution in [0.1, 0.15) is 22.8 Å². The Morgan fingerprint density at radius 3 is 2.46 bits per heavy atom. The van der Waals surface area contributed by atoms with Crippen molar-refractivity contribution in [2.75, 3.05) is 6.61 Å². The SMILES string of the molecule is CC(COc1ccccc1C(F)(F)F)NC(=O)c1ccccc1Cl. The Kier molecular flexibility index (Phi) is 5.72. The molecule has 2 aromatic rings. The minimum Gasteiger partial charge on any atom is -0.491 e. The number of nitrogens with one attached hydrogen (secondary N) is 1. The van der Waals surface area contributed by atoms with Crippen molar-refractivity contribution in [2.45, 2.75) is 19.1 Å². The molecule has 128 valence electrons. The summed E-state index contributed by atoms with van der Waals surface area (Å²) in [6.07, 6.45) is -4.50. The molecule has 0 radical (unpaired) electrons. The first-order valence-electron chi connectivity index (χ1n) is 7.13. The van der Waals surface area contributed by atoms with Gasteiger partial charge in [0.2, 0.25) is 0 Å². The van der Waals surface area contributed by atoms with E-state index in [0.29, 0.717) is 10.6 Å². The normalized spacial score (nSPS) is 12.5. The fraction of sp³-hybridized carbons (Fsp3) is 0.235. The molecule has 7 heteroatoms. The first-order valence-corrected chi connectivity index (χ1v) is 7.51. The van der Waals surface area contributed by atoms with E-state index in [0.717, 1.165) is 6.07 Å². The number of alkyl halides is 3. The van der Waals surface area contributed by atoms with Crippen molar-refractivity contribution in [3.8, 4) is 5.75 Å². The number of hydrogen-bond acceptors (Lipinski definition) is 2. The summed E-state index contributed by atoms with van der Waals surface area (Å²) in [5, 5.41) is 2.93. The molecule has 0 bridgehead atoms. The number of carbonyl (C=O) groups excluding carboxylic acids is 1. The van der Waals surface area contributed by atoms with E-state index in [1.807, 2.05) is 0 Å². The smallest absolute Gasteiger partial charge is 0.419 e. The zero-order valence-corrected chi connectivity index (χ0v) is 13.5. The number of rotatable bonds is 5. The van der Waals surface area contributed by atoms with E-state index in [4.69, 9.17) is 16.3 Å². The van der Waals surface area contributed by atoms with Gasteiger partial charge in [-0.1, -0.05) is 35.9 Å². The van der Waals surface area contributed by atoms with Crippen LogP contribution in [0.5, 0.6) is 5.75 Å². The Labute approximate surface area is 142 Å². The summed E-state index contributed by atoms with van der Waals surface area (Å²) < 4.78 is 43.9. The van der Waals surface area contributed by atoms with Crippen molar-refractivity contribution < 1.29 is 22.7 Å². The number of carbonyl (C=O) groups is 1. The topological polar surface area (TPSA) is 38.3 Å². The summed E-state index contributed by atoms with van der Waals surface area (Å²) in [4.78, 5) is 12.1. The first kappa shape index (κ1) is 18.1. The lowest BCUT2D eigenvalue weighted by molar-refractivity contribution is -0.139. The van der Waals surface area contributed by atoms with E-state index < -0.39 is 23.7 Å². The van der Waals surface area contributed by atoms with Crippen LogP contribution in [-0.2, 0) is 6.18 Å². The van der Waals surface area contributed by atoms with Crippen LogP contribution in [0.3, 0.4) is 0 Å². The predicted octanol–water partition coefficient (Wildman–Crippen LogP) is 4.56. The zero-order valence-electron chi connectivity index (χ0n) is 12.7. The average Bonchev–Trinajstić information content (AvgIpc) is 2.52. The minimum absolute atomic E-state index is 0.108. The summed E-state index contributed by atoms with van der Waals surface area (Å²) in [6.45, 7) is 1.52. The largest absolute Gasteiger partial charge is 0.491 e. The molecular formula is C17H15ClF3NO2. The molecule has 0 heterocycles. The van der Waals surface area contributed by atoms with Crippen molar-refractivity contribution >= 4 is 17.5 Å². The van der Waals surface area contributed by atoms with Gasteiger partial charge in [0.15, 0.2) is 0 Å². The van der Waals surface area contributed by atoms with Crippen molar-refractivity contribution in [1.29, 1.82) is 0 Å². The van der Waals surface area contributed by atoms with Gasteiger partial charge in [0.25, 0.3) is 5.91 Å². The van der Waals surface area contributed by atoms with Crippen molar-refractivity contribution in [3.05, 3.63) is 64.7 Å². The molecule has 0 aliphatic rings. The van der Waals surface area contributed by atoms with Crippen LogP contribution < -0.4 is 10.1 Å². The average molecular weight is 358 g/mol. The maximum Gasteiger partial charge on any atom is 0.419 e. The van der Waals surface area contributed by atoms with E-state index in [-0.39, 0.29) is 12.4 Å². The van der Waals surface area contributed by atoms with Crippen LogP contribution in [0.25, 0.3) is 0 Å². The Bertz CT molecular complexity index is 719. The summed E-state index contributed by atoms with van der Waals surface area (Å²) in [6, 6.07) is 10.9. The second kappa shape index (κ2) is 7.57. The number of hydrogen-bond donors (Lipinski definition) is 1. The summed E-state index contributed by atoms with van der Waals surface area (Å²) in [5.41, 5.74) is -0.559. The fourth-order valence-corrected chi connectivity index (χ4v) is 2.25. The highest BCUT2D eigenvalue weighted by atomic mass is 35.5. The number of benzene rings is 2. The molecule has 2 aromatic carbocycles. The van der Waals surface area contributed by atoms with Gasteiger partial charge in [0, 0.05) is 0 Å². The van der Waals surface area contributed by atoms with E-state index in [1.54, 1.807) is 31.2 Å². The Morgan fingerprint density at radius 1 is 1.17 bits per heavy atom. The maximum atomic E-state index is 12.9. The molecule has 1 N–H and O–H groups in total. The van der Waals surface area contributed by atoms with Gasteiger partial charge in [-0.05, 0) is 31.2 Å². The number of amides is 1. The standard InChI is InChI=1S/C17H15ClF3NO2/c1-11(22-16(23)12-6-2-4-8-14(12)18)10-24-15-9-5-3-7-13(15)17(19,20)21/h2-9,11H,10H2,1H3,(H,22,23). The van der Waals surface area contributed by atoms with E-state index in [1.165, 1.54) is 18.2 Å². The maximum absolute atomic E-state index is 12.9. The summed E-state index contributed by atoms with van der Waals surface area (Å²) in [5.74, 6) is -0.690. The monoisotopic (exact) mass is 357 g/mol. The quantitative estimate of drug-likeness (QED) is 0.852. The second-order valence-corrected chi connectivity index (χ2v) is 5.57. The van der Waals surface area contributed by atoms with E-state index >= 15 is 0 Å². The molecule has 0 aliphatic carbocycles. The van der Waals surface area contributed by atoms with Gasteiger partial charge < -0.3 is 10.1 Å². The lowest BCUT2D eigenvalue weighted by Gasteiger charge is -2.18. The molecule has 0 spiro atoms. The van der Waals surface area contributed by atoms with Gasteiger partial charge in [-0.3, -0.25) is 4.79 Å². The lowest BCUT2D eigenvalue weighted by atomic mass is 10.2. The van der Waals surface area contributed by atoms with Crippen molar-refractivity contribution in [3.63, 3.8) is 0 Å². The predicted molar refractivity (Wildman–Crippen MR) is 85.3 cm³/mol. The third-order valence-corrected chi connectivity index (χ3v) is 3.51. The molecule has 0 aromatic heterocycles. The van der Waals surface area contributed by atoms with Crippen LogP contribution in [0.4, 0.5) is 13.2 Å². The van der Waals surface area contributed by atoms with Gasteiger partial charge in [0.1, 0.15) is 12.4 Å². The third kappa shape index (κ3) is 4.64. The number of ether oxygens (including phenoxy) is 1. The Balaban J connectivity index is 1.98. The summed E-state index contributed by atoms with van der Waals surface area (Å²) >= 11 is 5.93. The molecule has 1 unspecified atom stereocenters. The highest BCUT2D eigenvalue weighted by Gasteiger charge is 2.34. The highest BCUT2D eigenvalue weighted by Crippen LogP contribution is 2.35. The van der Waals surface area contributed by atoms with Crippen LogP contribution in [-0.4, -0.2) is 18.6 Å². The molecule has 24 heavy (non-hydrogen) atoms. The van der Waals surface area contributed by atoms with Crippen LogP contribution >= 0.6 is 11.6 Å². The second-order valence-electron chi connectivity index (χ2n) is 5.16. The van der Waals surface area contributed by atoms with Gasteiger partial charge in [0.05, 0.1) is 22.2 Å². The van der Waals surface area contributed by atoms with E-state index in [2.05, 4.69) is 5.32 Å². The van der Waals surface area contributed by atoms with Gasteiger partial charge in [-0.25, -0.2) is 0 Å². The Hall–Kier alpha value is -2.21. The van der Waals surface area contributed by atoms with E-state index in [9.17, 15) is 18.0 Å². The number of halogens is 4. The Morgan fingerprint density at radius 2 is 1.79 bits per heavy atom. The highest BCUT2D eigenvalue weighted by molar-refractivity contribution is 6.33. The van der Waals surface area contributed by atoms with Gasteiger partial charge >= 0.3 is 6.18 Å². The van der Waals surface area contributed by atoms with Crippen molar-refractivity contribution in [2.24, 2.45) is 0 Å². The molecular weight excluding hydrogens is 343 g/mol. The molecule has 3 nitrogen and oxygen atoms in total. The first-order chi connectivity index (χ1) is 11.3. The van der Waals surface area contributed by atoms with Gasteiger partial charge in [-0.2, -0.15) is 13.2 Å². The molecule has 1 atom stereocenters. The fourth-order valence-electron chi connectivity index (χ4n) is 2.03. The minimum atomic E-state index is -4.50. The molecule has 0 fully saturated rings. The van der Waals surface area contributed by atoms with Gasteiger partial charge in [-0.15, -0.1) is 0 Å². The van der Waals surface area contributed by atoms with Crippen molar-refractivity contribution in [1.82, 2.24) is 5.32 Å². The molecule has 1 amide bonds. The molecule has 2 rings (SSSR count). The van der Waals surface area contributed by atoms with Crippen LogP contribution in [0.2, 0.25) is 5.02 Å². The van der Waals surface area contributed by atoms with Crippen LogP contribution in [0.15, 0.2) is 48.5 Å². The third-order valence-electron chi connectivity index (χ3n) is 3.18. The molecule has 0 saturated heterocycles. The zero-order chi connectivity index (χ0) is 17.7. The molecule has 0 aliphatic heterocycles. The van der Waals surface area contributed by atoms with Crippen LogP contribution in [0, 0.1) is 0 Å². The molecule has 0 saturated carbocycles. The number of para-hydroxylation sites is 1.